The number of carbonyl (C=O) groups is 1. The third kappa shape index (κ3) is 5.09. The molecule has 2 rings (SSSR count). The van der Waals surface area contributed by atoms with Crippen molar-refractivity contribution in [3.63, 3.8) is 0 Å². The lowest BCUT2D eigenvalue weighted by molar-refractivity contribution is -0.0745. The molecule has 1 aromatic rings. The van der Waals surface area contributed by atoms with Gasteiger partial charge in [-0.05, 0) is 41.5 Å². The Hall–Kier alpha value is -1.97. The van der Waals surface area contributed by atoms with E-state index in [1.54, 1.807) is 20.8 Å². The van der Waals surface area contributed by atoms with Crippen molar-refractivity contribution < 1.29 is 23.7 Å². The Morgan fingerprint density at radius 3 is 2.50 bits per heavy atom. The van der Waals surface area contributed by atoms with Gasteiger partial charge in [0.2, 0.25) is 0 Å². The average Bonchev–Trinajstić information content (AvgIpc) is 2.98. The third-order valence-electron chi connectivity index (χ3n) is 4.22. The monoisotopic (exact) mass is 398 g/mol. The molecule has 0 spiro atoms. The zero-order valence-corrected chi connectivity index (χ0v) is 17.4. The molecule has 0 bridgehead atoms. The molecule has 1 fully saturated rings. The molecule has 2 heterocycles. The Labute approximate surface area is 164 Å². The highest BCUT2D eigenvalue weighted by atomic mass is 16.6. The Bertz CT molecular complexity index is 806. The van der Waals surface area contributed by atoms with Crippen LogP contribution in [0.2, 0.25) is 0 Å². The van der Waals surface area contributed by atoms with Crippen molar-refractivity contribution in [3.8, 4) is 0 Å². The van der Waals surface area contributed by atoms with Crippen molar-refractivity contribution in [1.82, 2.24) is 9.13 Å². The number of nitrogens with zero attached hydrogens (tertiary/aromatic N) is 2. The lowest BCUT2D eigenvalue weighted by Crippen LogP contribution is -2.47. The average molecular weight is 398 g/mol. The van der Waals surface area contributed by atoms with Crippen molar-refractivity contribution >= 4 is 6.09 Å². The summed E-state index contributed by atoms with van der Waals surface area (Å²) in [5.41, 5.74) is -2.12. The van der Waals surface area contributed by atoms with Crippen LogP contribution < -0.4 is 11.2 Å². The van der Waals surface area contributed by atoms with Crippen molar-refractivity contribution in [2.75, 3.05) is 19.8 Å². The van der Waals surface area contributed by atoms with Gasteiger partial charge in [0.1, 0.15) is 17.9 Å². The van der Waals surface area contributed by atoms with E-state index in [4.69, 9.17) is 18.9 Å². The smallest absolute Gasteiger partial charge is 0.425 e. The first-order valence-electron chi connectivity index (χ1n) is 9.52. The van der Waals surface area contributed by atoms with E-state index in [0.717, 1.165) is 0 Å². The van der Waals surface area contributed by atoms with Gasteiger partial charge in [-0.25, -0.2) is 9.59 Å². The summed E-state index contributed by atoms with van der Waals surface area (Å²) in [6.45, 7) is 11.6. The van der Waals surface area contributed by atoms with Gasteiger partial charge in [-0.15, -0.1) is 0 Å². The largest absolute Gasteiger partial charge is 0.443 e. The van der Waals surface area contributed by atoms with Crippen LogP contribution in [0.1, 0.15) is 52.8 Å². The van der Waals surface area contributed by atoms with Gasteiger partial charge in [-0.2, -0.15) is 4.57 Å². The van der Waals surface area contributed by atoms with Gasteiger partial charge < -0.3 is 18.9 Å². The van der Waals surface area contributed by atoms with Crippen LogP contribution in [0.15, 0.2) is 15.8 Å². The van der Waals surface area contributed by atoms with Crippen LogP contribution in [0.4, 0.5) is 4.79 Å². The normalized spacial score (nSPS) is 22.4. The Morgan fingerprint density at radius 2 is 1.93 bits per heavy atom. The van der Waals surface area contributed by atoms with Gasteiger partial charge >= 0.3 is 11.8 Å². The molecule has 0 saturated carbocycles. The number of hydrogen-bond donors (Lipinski definition) is 0. The van der Waals surface area contributed by atoms with E-state index in [-0.39, 0.29) is 17.8 Å². The summed E-state index contributed by atoms with van der Waals surface area (Å²) in [4.78, 5) is 37.8. The lowest BCUT2D eigenvalue weighted by Gasteiger charge is -2.21. The predicted molar refractivity (Wildman–Crippen MR) is 102 cm³/mol. The molecule has 0 aromatic carbocycles. The van der Waals surface area contributed by atoms with E-state index in [1.807, 2.05) is 13.8 Å². The molecule has 1 aliphatic rings. The summed E-state index contributed by atoms with van der Waals surface area (Å²) in [5.74, 6) is 0. The van der Waals surface area contributed by atoms with E-state index in [0.29, 0.717) is 30.8 Å². The Balaban J connectivity index is 2.40. The summed E-state index contributed by atoms with van der Waals surface area (Å²) in [7, 11) is 0. The fourth-order valence-corrected chi connectivity index (χ4v) is 3.02. The quantitative estimate of drug-likeness (QED) is 0.721. The Kier molecular flexibility index (Phi) is 7.19. The highest BCUT2D eigenvalue weighted by molar-refractivity contribution is 5.70. The van der Waals surface area contributed by atoms with Gasteiger partial charge in [0, 0.05) is 31.4 Å². The van der Waals surface area contributed by atoms with Gasteiger partial charge in [0.15, 0.2) is 0 Å². The molecule has 1 aliphatic heterocycles. The second-order valence-electron chi connectivity index (χ2n) is 7.64. The fraction of sp³-hybridized carbons (Fsp3) is 0.737. The van der Waals surface area contributed by atoms with Crippen LogP contribution in [0, 0.1) is 6.92 Å². The molecule has 3 atom stereocenters. The standard InChI is InChI=1S/C19H30N2O7/c1-7-25-11-14-13(26-8-2)9-15(27-14)20-10-12(3)16(22)21(17(20)23)18(24)28-19(4,5)6/h10,13-15H,7-9,11H2,1-6H3/t13-,14-,15-/m1/s1. The molecule has 1 aromatic heterocycles. The van der Waals surface area contributed by atoms with Crippen molar-refractivity contribution in [2.45, 2.75) is 72.0 Å². The van der Waals surface area contributed by atoms with Crippen LogP contribution in [-0.2, 0) is 18.9 Å². The molecule has 28 heavy (non-hydrogen) atoms. The second-order valence-corrected chi connectivity index (χ2v) is 7.64. The number of aryl methyl sites for hydroxylation is 1. The SMILES string of the molecule is CCOC[C@H]1O[C@@H](n2cc(C)c(=O)n(C(=O)OC(C)(C)C)c2=O)C[C@H]1OCC. The maximum absolute atomic E-state index is 12.9. The summed E-state index contributed by atoms with van der Waals surface area (Å²) in [6.07, 6.45) is -0.484. The maximum atomic E-state index is 12.9. The molecule has 0 amide bonds. The molecule has 0 unspecified atom stereocenters. The summed E-state index contributed by atoms with van der Waals surface area (Å²) in [6, 6.07) is 0. The summed E-state index contributed by atoms with van der Waals surface area (Å²) >= 11 is 0. The van der Waals surface area contributed by atoms with Crippen LogP contribution in [0.25, 0.3) is 0 Å². The molecule has 9 heteroatoms. The Morgan fingerprint density at radius 1 is 1.25 bits per heavy atom. The molecule has 0 radical (unpaired) electrons. The van der Waals surface area contributed by atoms with Gasteiger partial charge in [-0.3, -0.25) is 9.36 Å². The minimum Gasteiger partial charge on any atom is -0.443 e. The van der Waals surface area contributed by atoms with E-state index < -0.39 is 29.2 Å². The van der Waals surface area contributed by atoms with E-state index >= 15 is 0 Å². The number of ether oxygens (including phenoxy) is 4. The summed E-state index contributed by atoms with van der Waals surface area (Å²) < 4.78 is 24.1. The molecular formula is C19H30N2O7. The minimum absolute atomic E-state index is 0.232. The zero-order valence-electron chi connectivity index (χ0n) is 17.4. The van der Waals surface area contributed by atoms with Gasteiger partial charge in [0.05, 0.1) is 12.7 Å². The first-order chi connectivity index (χ1) is 13.1. The van der Waals surface area contributed by atoms with E-state index in [1.165, 1.54) is 17.7 Å². The highest BCUT2D eigenvalue weighted by Crippen LogP contribution is 2.30. The van der Waals surface area contributed by atoms with Crippen molar-refractivity contribution in [3.05, 3.63) is 32.6 Å². The second kappa shape index (κ2) is 9.02. The van der Waals surface area contributed by atoms with Crippen molar-refractivity contribution in [1.29, 1.82) is 0 Å². The first kappa shape index (κ1) is 22.3. The first-order valence-corrected chi connectivity index (χ1v) is 9.52. The predicted octanol–water partition coefficient (Wildman–Crippen LogP) is 1.83. The minimum atomic E-state index is -1.01. The number of carbonyl (C=O) groups excluding carboxylic acids is 1. The highest BCUT2D eigenvalue weighted by Gasteiger charge is 2.38. The zero-order chi connectivity index (χ0) is 21.1. The van der Waals surface area contributed by atoms with E-state index in [2.05, 4.69) is 0 Å². The molecule has 158 valence electrons. The third-order valence-corrected chi connectivity index (χ3v) is 4.22. The van der Waals surface area contributed by atoms with Crippen LogP contribution >= 0.6 is 0 Å². The van der Waals surface area contributed by atoms with E-state index in [9.17, 15) is 14.4 Å². The number of rotatable bonds is 6. The number of hydrogen-bond acceptors (Lipinski definition) is 7. The van der Waals surface area contributed by atoms with Crippen LogP contribution in [0.5, 0.6) is 0 Å². The maximum Gasteiger partial charge on any atom is 0.425 e. The lowest BCUT2D eigenvalue weighted by atomic mass is 10.2. The topological polar surface area (TPSA) is 98.0 Å². The molecule has 9 nitrogen and oxygen atoms in total. The van der Waals surface area contributed by atoms with Crippen molar-refractivity contribution in [2.24, 2.45) is 0 Å². The molecule has 0 aliphatic carbocycles. The number of aromatic nitrogens is 2. The molecule has 1 saturated heterocycles. The van der Waals surface area contributed by atoms with Gasteiger partial charge in [-0.1, -0.05) is 0 Å². The molecular weight excluding hydrogens is 368 g/mol. The van der Waals surface area contributed by atoms with Crippen LogP contribution in [0.3, 0.4) is 0 Å². The fourth-order valence-electron chi connectivity index (χ4n) is 3.02. The van der Waals surface area contributed by atoms with Crippen LogP contribution in [-0.4, -0.2) is 52.9 Å². The van der Waals surface area contributed by atoms with Gasteiger partial charge in [0.25, 0.3) is 5.56 Å². The molecule has 0 N–H and O–H groups in total. The summed E-state index contributed by atoms with van der Waals surface area (Å²) in [5, 5.41) is 0.